The van der Waals surface area contributed by atoms with E-state index in [-0.39, 0.29) is 0 Å². The molecule has 1 N–H and O–H groups in total. The van der Waals surface area contributed by atoms with E-state index in [1.54, 1.807) is 0 Å². The summed E-state index contributed by atoms with van der Waals surface area (Å²) in [5.74, 6) is 2.73. The highest BCUT2D eigenvalue weighted by molar-refractivity contribution is 4.84. The van der Waals surface area contributed by atoms with Crippen LogP contribution in [0.3, 0.4) is 0 Å². The van der Waals surface area contributed by atoms with Crippen LogP contribution in [0.4, 0.5) is 0 Å². The van der Waals surface area contributed by atoms with Crippen molar-refractivity contribution in [1.29, 1.82) is 0 Å². The molecule has 1 fully saturated rings. The van der Waals surface area contributed by atoms with Crippen LogP contribution < -0.4 is 5.32 Å². The highest BCUT2D eigenvalue weighted by Gasteiger charge is 2.33. The van der Waals surface area contributed by atoms with Crippen LogP contribution in [0.5, 0.6) is 0 Å². The van der Waals surface area contributed by atoms with Gasteiger partial charge in [0.25, 0.3) is 0 Å². The minimum Gasteiger partial charge on any atom is -0.314 e. The highest BCUT2D eigenvalue weighted by atomic mass is 15.1. The molecule has 0 aromatic carbocycles. The number of nitrogens with zero attached hydrogens (tertiary/aromatic N) is 1. The molecule has 1 rings (SSSR count). The summed E-state index contributed by atoms with van der Waals surface area (Å²) in [7, 11) is 2.26. The summed E-state index contributed by atoms with van der Waals surface area (Å²) in [6.07, 6.45) is 1.45. The standard InChI is InChI=1S/C13H28N2/c1-10(2)14-7-11(3)8-15(5)9-13-6-12(13)4/h10-14H,6-9H2,1-5H3. The third-order valence-corrected chi connectivity index (χ3v) is 3.32. The summed E-state index contributed by atoms with van der Waals surface area (Å²) in [5, 5.41) is 3.50. The van der Waals surface area contributed by atoms with Gasteiger partial charge in [0.1, 0.15) is 0 Å². The van der Waals surface area contributed by atoms with E-state index >= 15 is 0 Å². The average Bonchev–Trinajstić information content (AvgIpc) is 2.78. The zero-order valence-corrected chi connectivity index (χ0v) is 11.1. The van der Waals surface area contributed by atoms with Crippen molar-refractivity contribution in [2.75, 3.05) is 26.7 Å². The summed E-state index contributed by atoms with van der Waals surface area (Å²) in [6.45, 7) is 12.8. The molecule has 0 saturated heterocycles. The largest absolute Gasteiger partial charge is 0.314 e. The van der Waals surface area contributed by atoms with Crippen LogP contribution in [0.15, 0.2) is 0 Å². The van der Waals surface area contributed by atoms with Crippen LogP contribution in [0.1, 0.15) is 34.1 Å². The topological polar surface area (TPSA) is 15.3 Å². The second kappa shape index (κ2) is 5.86. The Kier molecular flexibility index (Phi) is 5.07. The van der Waals surface area contributed by atoms with E-state index in [0.717, 1.165) is 24.3 Å². The van der Waals surface area contributed by atoms with E-state index in [1.807, 2.05) is 0 Å². The third kappa shape index (κ3) is 5.53. The van der Waals surface area contributed by atoms with Gasteiger partial charge in [-0.1, -0.05) is 27.7 Å². The van der Waals surface area contributed by atoms with Crippen molar-refractivity contribution < 1.29 is 0 Å². The fraction of sp³-hybridized carbons (Fsp3) is 1.00. The van der Waals surface area contributed by atoms with Gasteiger partial charge in [0.05, 0.1) is 0 Å². The molecule has 0 aliphatic heterocycles. The Labute approximate surface area is 95.4 Å². The molecule has 0 heterocycles. The zero-order chi connectivity index (χ0) is 11.4. The molecule has 0 aromatic rings. The Hall–Kier alpha value is -0.0800. The molecule has 0 spiro atoms. The lowest BCUT2D eigenvalue weighted by Crippen LogP contribution is -2.34. The maximum Gasteiger partial charge on any atom is 0.00162 e. The first kappa shape index (κ1) is 13.0. The van der Waals surface area contributed by atoms with Gasteiger partial charge < -0.3 is 10.2 Å². The molecule has 3 unspecified atom stereocenters. The van der Waals surface area contributed by atoms with Gasteiger partial charge in [-0.05, 0) is 37.8 Å². The van der Waals surface area contributed by atoms with E-state index in [2.05, 4.69) is 45.0 Å². The minimum atomic E-state index is 0.612. The summed E-state index contributed by atoms with van der Waals surface area (Å²) in [6, 6.07) is 0.612. The van der Waals surface area contributed by atoms with Gasteiger partial charge in [0.2, 0.25) is 0 Å². The maximum absolute atomic E-state index is 3.50. The van der Waals surface area contributed by atoms with Crippen LogP contribution in [0, 0.1) is 17.8 Å². The maximum atomic E-state index is 3.50. The van der Waals surface area contributed by atoms with Gasteiger partial charge in [-0.3, -0.25) is 0 Å². The van der Waals surface area contributed by atoms with E-state index < -0.39 is 0 Å². The minimum absolute atomic E-state index is 0.612. The fourth-order valence-electron chi connectivity index (χ4n) is 2.16. The van der Waals surface area contributed by atoms with Crippen molar-refractivity contribution in [2.45, 2.75) is 40.2 Å². The second-order valence-corrected chi connectivity index (χ2v) is 5.86. The van der Waals surface area contributed by atoms with Gasteiger partial charge in [-0.2, -0.15) is 0 Å². The fourth-order valence-corrected chi connectivity index (χ4v) is 2.16. The first-order valence-electron chi connectivity index (χ1n) is 6.41. The lowest BCUT2D eigenvalue weighted by atomic mass is 10.1. The summed E-state index contributed by atoms with van der Waals surface area (Å²) < 4.78 is 0. The van der Waals surface area contributed by atoms with Crippen molar-refractivity contribution in [1.82, 2.24) is 10.2 Å². The molecule has 0 bridgehead atoms. The van der Waals surface area contributed by atoms with Crippen molar-refractivity contribution in [3.63, 3.8) is 0 Å². The molecule has 2 nitrogen and oxygen atoms in total. The predicted molar refractivity (Wildman–Crippen MR) is 67.1 cm³/mol. The molecule has 1 aliphatic carbocycles. The Morgan fingerprint density at radius 1 is 1.33 bits per heavy atom. The number of nitrogens with one attached hydrogen (secondary N) is 1. The number of rotatable bonds is 7. The molecule has 1 aliphatic rings. The Bertz CT molecular complexity index is 179. The molecule has 0 radical (unpaired) electrons. The monoisotopic (exact) mass is 212 g/mol. The lowest BCUT2D eigenvalue weighted by molar-refractivity contribution is 0.265. The van der Waals surface area contributed by atoms with E-state index in [0.29, 0.717) is 6.04 Å². The molecule has 2 heteroatoms. The molecule has 3 atom stereocenters. The van der Waals surface area contributed by atoms with Crippen LogP contribution in [0.25, 0.3) is 0 Å². The van der Waals surface area contributed by atoms with Gasteiger partial charge >= 0.3 is 0 Å². The number of hydrogen-bond donors (Lipinski definition) is 1. The first-order chi connectivity index (χ1) is 6.99. The van der Waals surface area contributed by atoms with Crippen LogP contribution >= 0.6 is 0 Å². The van der Waals surface area contributed by atoms with Crippen molar-refractivity contribution in [2.24, 2.45) is 17.8 Å². The molecule has 15 heavy (non-hydrogen) atoms. The van der Waals surface area contributed by atoms with Crippen LogP contribution in [0.2, 0.25) is 0 Å². The first-order valence-corrected chi connectivity index (χ1v) is 6.41. The SMILES string of the molecule is CC(CNC(C)C)CN(C)CC1CC1C. The Balaban J connectivity index is 2.05. The van der Waals surface area contributed by atoms with Crippen molar-refractivity contribution in [3.05, 3.63) is 0 Å². The van der Waals surface area contributed by atoms with Gasteiger partial charge in [-0.15, -0.1) is 0 Å². The van der Waals surface area contributed by atoms with Gasteiger partial charge in [-0.25, -0.2) is 0 Å². The number of hydrogen-bond acceptors (Lipinski definition) is 2. The highest BCUT2D eigenvalue weighted by Crippen LogP contribution is 2.37. The van der Waals surface area contributed by atoms with Crippen LogP contribution in [-0.2, 0) is 0 Å². The van der Waals surface area contributed by atoms with Crippen LogP contribution in [-0.4, -0.2) is 37.6 Å². The average molecular weight is 212 g/mol. The Morgan fingerprint density at radius 2 is 1.93 bits per heavy atom. The molecule has 90 valence electrons. The van der Waals surface area contributed by atoms with Crippen molar-refractivity contribution in [3.8, 4) is 0 Å². The normalized spacial score (nSPS) is 27.4. The molecule has 0 amide bonds. The van der Waals surface area contributed by atoms with Gasteiger partial charge in [0.15, 0.2) is 0 Å². The van der Waals surface area contributed by atoms with E-state index in [1.165, 1.54) is 19.5 Å². The summed E-state index contributed by atoms with van der Waals surface area (Å²) in [4.78, 5) is 2.50. The lowest BCUT2D eigenvalue weighted by Gasteiger charge is -2.22. The Morgan fingerprint density at radius 3 is 2.40 bits per heavy atom. The quantitative estimate of drug-likeness (QED) is 0.696. The summed E-state index contributed by atoms with van der Waals surface area (Å²) >= 11 is 0. The summed E-state index contributed by atoms with van der Waals surface area (Å²) in [5.41, 5.74) is 0. The van der Waals surface area contributed by atoms with E-state index in [9.17, 15) is 0 Å². The van der Waals surface area contributed by atoms with E-state index in [4.69, 9.17) is 0 Å². The predicted octanol–water partition coefficient (Wildman–Crippen LogP) is 2.21. The smallest absolute Gasteiger partial charge is 0.00162 e. The zero-order valence-electron chi connectivity index (χ0n) is 11.1. The third-order valence-electron chi connectivity index (χ3n) is 3.32. The molecule has 1 saturated carbocycles. The molecular formula is C13H28N2. The second-order valence-electron chi connectivity index (χ2n) is 5.86. The van der Waals surface area contributed by atoms with Crippen molar-refractivity contribution >= 4 is 0 Å². The molecular weight excluding hydrogens is 184 g/mol. The molecule has 0 aromatic heterocycles. The van der Waals surface area contributed by atoms with Gasteiger partial charge in [0, 0.05) is 19.1 Å².